The Morgan fingerprint density at radius 3 is 2.75 bits per heavy atom. The van der Waals surface area contributed by atoms with Crippen LogP contribution in [0.1, 0.15) is 18.4 Å². The van der Waals surface area contributed by atoms with Crippen molar-refractivity contribution in [3.8, 4) is 0 Å². The molecule has 0 aromatic carbocycles. The Morgan fingerprint density at radius 2 is 2.19 bits per heavy atom. The van der Waals surface area contributed by atoms with Crippen LogP contribution in [0.25, 0.3) is 0 Å². The second-order valence-corrected chi connectivity index (χ2v) is 4.20. The molecule has 0 unspecified atom stereocenters. The van der Waals surface area contributed by atoms with E-state index < -0.39 is 0 Å². The molecule has 0 spiro atoms. The number of hydrogen-bond donors (Lipinski definition) is 1. The highest BCUT2D eigenvalue weighted by atomic mass is 35.5. The molecule has 0 saturated carbocycles. The summed E-state index contributed by atoms with van der Waals surface area (Å²) in [5.74, 6) is 0. The topological polar surface area (TPSA) is 28.2 Å². The number of nitrogens with zero attached hydrogens (tertiary/aromatic N) is 2. The third-order valence-corrected chi connectivity index (χ3v) is 3.12. The van der Waals surface area contributed by atoms with Crippen LogP contribution in [0.15, 0.2) is 24.5 Å². The molecular formula is C12H20ClN3. The van der Waals surface area contributed by atoms with Crippen LogP contribution in [0, 0.1) is 0 Å². The van der Waals surface area contributed by atoms with Crippen LogP contribution in [-0.4, -0.2) is 36.1 Å². The third kappa shape index (κ3) is 3.74. The van der Waals surface area contributed by atoms with E-state index in [1.165, 1.54) is 31.5 Å². The predicted molar refractivity (Wildman–Crippen MR) is 68.8 cm³/mol. The van der Waals surface area contributed by atoms with Gasteiger partial charge in [-0.3, -0.25) is 9.88 Å². The van der Waals surface area contributed by atoms with E-state index >= 15 is 0 Å². The van der Waals surface area contributed by atoms with E-state index in [0.717, 1.165) is 12.6 Å². The molecule has 1 aromatic rings. The van der Waals surface area contributed by atoms with Gasteiger partial charge in [-0.2, -0.15) is 0 Å². The van der Waals surface area contributed by atoms with Crippen LogP contribution in [0.3, 0.4) is 0 Å². The molecule has 1 aromatic heterocycles. The minimum Gasteiger partial charge on any atom is -0.317 e. The molecule has 1 N–H and O–H groups in total. The van der Waals surface area contributed by atoms with Gasteiger partial charge in [-0.25, -0.2) is 0 Å². The molecule has 0 amide bonds. The zero-order valence-corrected chi connectivity index (χ0v) is 10.5. The van der Waals surface area contributed by atoms with E-state index in [-0.39, 0.29) is 12.4 Å². The van der Waals surface area contributed by atoms with E-state index in [9.17, 15) is 0 Å². The van der Waals surface area contributed by atoms with Crippen molar-refractivity contribution in [3.63, 3.8) is 0 Å². The maximum Gasteiger partial charge on any atom is 0.0312 e. The zero-order valence-electron chi connectivity index (χ0n) is 9.72. The number of piperidine rings is 1. The van der Waals surface area contributed by atoms with Gasteiger partial charge >= 0.3 is 0 Å². The summed E-state index contributed by atoms with van der Waals surface area (Å²) in [6.45, 7) is 3.44. The van der Waals surface area contributed by atoms with Crippen LogP contribution in [0.5, 0.6) is 0 Å². The smallest absolute Gasteiger partial charge is 0.0312 e. The van der Waals surface area contributed by atoms with Crippen LogP contribution >= 0.6 is 12.4 Å². The number of rotatable bonds is 3. The van der Waals surface area contributed by atoms with Gasteiger partial charge in [0.05, 0.1) is 0 Å². The summed E-state index contributed by atoms with van der Waals surface area (Å²) in [5, 5.41) is 3.35. The maximum absolute atomic E-state index is 4.14. The van der Waals surface area contributed by atoms with Crippen LogP contribution in [-0.2, 0) is 6.54 Å². The van der Waals surface area contributed by atoms with E-state index in [0.29, 0.717) is 0 Å². The lowest BCUT2D eigenvalue weighted by Gasteiger charge is -2.31. The van der Waals surface area contributed by atoms with Crippen molar-refractivity contribution < 1.29 is 0 Å². The fraction of sp³-hybridized carbons (Fsp3) is 0.583. The minimum absolute atomic E-state index is 0. The summed E-state index contributed by atoms with van der Waals surface area (Å²) in [6.07, 6.45) is 6.31. The Labute approximate surface area is 104 Å². The Balaban J connectivity index is 0.00000128. The molecular weight excluding hydrogens is 222 g/mol. The molecule has 90 valence electrons. The first kappa shape index (κ1) is 13.4. The molecule has 0 radical (unpaired) electrons. The second kappa shape index (κ2) is 6.84. The average Bonchev–Trinajstić information content (AvgIpc) is 2.31. The van der Waals surface area contributed by atoms with Crippen LogP contribution in [0.2, 0.25) is 0 Å². The second-order valence-electron chi connectivity index (χ2n) is 4.20. The van der Waals surface area contributed by atoms with E-state index in [2.05, 4.69) is 28.3 Å². The van der Waals surface area contributed by atoms with Crippen LogP contribution in [0.4, 0.5) is 0 Å². The SMILES string of the molecule is CNC1CCN(Cc2cccnc2)CC1.Cl. The monoisotopic (exact) mass is 241 g/mol. The highest BCUT2D eigenvalue weighted by Crippen LogP contribution is 2.12. The van der Waals surface area contributed by atoms with E-state index in [1.54, 1.807) is 0 Å². The maximum atomic E-state index is 4.14. The summed E-state index contributed by atoms with van der Waals surface area (Å²) >= 11 is 0. The molecule has 1 aliphatic rings. The summed E-state index contributed by atoms with van der Waals surface area (Å²) in [4.78, 5) is 6.65. The molecule has 0 aliphatic carbocycles. The lowest BCUT2D eigenvalue weighted by Crippen LogP contribution is -2.40. The molecule has 2 rings (SSSR count). The summed E-state index contributed by atoms with van der Waals surface area (Å²) < 4.78 is 0. The van der Waals surface area contributed by atoms with Gasteiger partial charge in [0.15, 0.2) is 0 Å². The third-order valence-electron chi connectivity index (χ3n) is 3.12. The minimum atomic E-state index is 0. The van der Waals surface area contributed by atoms with Gasteiger partial charge in [-0.05, 0) is 44.6 Å². The average molecular weight is 242 g/mol. The summed E-state index contributed by atoms with van der Waals surface area (Å²) in [5.41, 5.74) is 1.32. The largest absolute Gasteiger partial charge is 0.317 e. The number of nitrogens with one attached hydrogen (secondary N) is 1. The van der Waals surface area contributed by atoms with Gasteiger partial charge in [-0.15, -0.1) is 12.4 Å². The van der Waals surface area contributed by atoms with E-state index in [1.807, 2.05) is 18.5 Å². The van der Waals surface area contributed by atoms with Crippen LogP contribution < -0.4 is 5.32 Å². The number of likely N-dealkylation sites (tertiary alicyclic amines) is 1. The normalized spacial score (nSPS) is 18.1. The van der Waals surface area contributed by atoms with Gasteiger partial charge in [-0.1, -0.05) is 6.07 Å². The lowest BCUT2D eigenvalue weighted by atomic mass is 10.0. The molecule has 1 aliphatic heterocycles. The van der Waals surface area contributed by atoms with Crippen molar-refractivity contribution >= 4 is 12.4 Å². The Hall–Kier alpha value is -0.640. The molecule has 0 atom stereocenters. The Bertz CT molecular complexity index is 284. The first-order valence-corrected chi connectivity index (χ1v) is 5.67. The first-order valence-electron chi connectivity index (χ1n) is 5.67. The molecule has 16 heavy (non-hydrogen) atoms. The fourth-order valence-corrected chi connectivity index (χ4v) is 2.13. The van der Waals surface area contributed by atoms with Crippen molar-refractivity contribution in [2.75, 3.05) is 20.1 Å². The standard InChI is InChI=1S/C12H19N3.ClH/c1-13-12-4-7-15(8-5-12)10-11-3-2-6-14-9-11;/h2-3,6,9,12-13H,4-5,7-8,10H2,1H3;1H. The summed E-state index contributed by atoms with van der Waals surface area (Å²) in [6, 6.07) is 4.88. The Kier molecular flexibility index (Phi) is 5.74. The predicted octanol–water partition coefficient (Wildman–Crippen LogP) is 1.69. The molecule has 4 heteroatoms. The summed E-state index contributed by atoms with van der Waals surface area (Å²) in [7, 11) is 2.06. The lowest BCUT2D eigenvalue weighted by molar-refractivity contribution is 0.194. The van der Waals surface area contributed by atoms with Crippen molar-refractivity contribution in [2.24, 2.45) is 0 Å². The van der Waals surface area contributed by atoms with Gasteiger partial charge < -0.3 is 5.32 Å². The van der Waals surface area contributed by atoms with Crippen molar-refractivity contribution in [1.29, 1.82) is 0 Å². The molecule has 3 nitrogen and oxygen atoms in total. The van der Waals surface area contributed by atoms with Gasteiger partial charge in [0, 0.05) is 25.0 Å². The first-order chi connectivity index (χ1) is 7.38. The number of aromatic nitrogens is 1. The van der Waals surface area contributed by atoms with Gasteiger partial charge in [0.1, 0.15) is 0 Å². The quantitative estimate of drug-likeness (QED) is 0.873. The number of hydrogen-bond acceptors (Lipinski definition) is 3. The fourth-order valence-electron chi connectivity index (χ4n) is 2.13. The molecule has 1 fully saturated rings. The molecule has 2 heterocycles. The highest BCUT2D eigenvalue weighted by Gasteiger charge is 2.17. The molecule has 1 saturated heterocycles. The van der Waals surface area contributed by atoms with Gasteiger partial charge in [0.25, 0.3) is 0 Å². The Morgan fingerprint density at radius 1 is 1.44 bits per heavy atom. The molecule has 0 bridgehead atoms. The number of halogens is 1. The highest BCUT2D eigenvalue weighted by molar-refractivity contribution is 5.85. The van der Waals surface area contributed by atoms with Crippen molar-refractivity contribution in [1.82, 2.24) is 15.2 Å². The zero-order chi connectivity index (χ0) is 10.5. The van der Waals surface area contributed by atoms with Crippen molar-refractivity contribution in [2.45, 2.75) is 25.4 Å². The van der Waals surface area contributed by atoms with Crippen molar-refractivity contribution in [3.05, 3.63) is 30.1 Å². The van der Waals surface area contributed by atoms with Gasteiger partial charge in [0.2, 0.25) is 0 Å². The van der Waals surface area contributed by atoms with E-state index in [4.69, 9.17) is 0 Å². The number of pyridine rings is 1.